The maximum absolute atomic E-state index is 12.1. The lowest BCUT2D eigenvalue weighted by atomic mass is 9.96. The van der Waals surface area contributed by atoms with Gasteiger partial charge >= 0.3 is 0 Å². The number of carbonyl (C=O) groups excluding carboxylic acids is 1. The molecule has 1 heterocycles. The van der Waals surface area contributed by atoms with Crippen molar-refractivity contribution in [3.05, 3.63) is 30.3 Å². The van der Waals surface area contributed by atoms with E-state index < -0.39 is 11.7 Å². The molecule has 0 bridgehead atoms. The van der Waals surface area contributed by atoms with E-state index in [1.807, 2.05) is 30.3 Å². The number of anilines is 1. The summed E-state index contributed by atoms with van der Waals surface area (Å²) in [6.45, 7) is 3.28. The van der Waals surface area contributed by atoms with Crippen LogP contribution < -0.4 is 11.1 Å². The van der Waals surface area contributed by atoms with Gasteiger partial charge in [0, 0.05) is 18.8 Å². The van der Waals surface area contributed by atoms with Gasteiger partial charge in [0.2, 0.25) is 0 Å². The van der Waals surface area contributed by atoms with E-state index in [9.17, 15) is 4.79 Å². The van der Waals surface area contributed by atoms with E-state index in [1.165, 1.54) is 0 Å². The van der Waals surface area contributed by atoms with Crippen molar-refractivity contribution in [1.29, 1.82) is 0 Å². The molecule has 1 amide bonds. The van der Waals surface area contributed by atoms with Crippen molar-refractivity contribution in [2.45, 2.75) is 31.5 Å². The molecule has 20 heavy (non-hydrogen) atoms. The number of nitrogens with one attached hydrogen (secondary N) is 1. The molecule has 3 N–H and O–H groups in total. The van der Waals surface area contributed by atoms with Gasteiger partial charge in [-0.15, -0.1) is 0 Å². The Kier molecular flexibility index (Phi) is 5.11. The molecule has 1 aromatic carbocycles. The van der Waals surface area contributed by atoms with Gasteiger partial charge in [-0.3, -0.25) is 4.79 Å². The fourth-order valence-corrected chi connectivity index (χ4v) is 2.32. The van der Waals surface area contributed by atoms with Crippen molar-refractivity contribution in [3.8, 4) is 0 Å². The normalized spacial score (nSPS) is 24.1. The minimum Gasteiger partial charge on any atom is -0.378 e. The zero-order valence-electron chi connectivity index (χ0n) is 11.8. The van der Waals surface area contributed by atoms with Crippen molar-refractivity contribution in [1.82, 2.24) is 0 Å². The number of hydrogen-bond donors (Lipinski definition) is 2. The zero-order chi connectivity index (χ0) is 14.4. The quantitative estimate of drug-likeness (QED) is 0.857. The van der Waals surface area contributed by atoms with Gasteiger partial charge in [-0.05, 0) is 31.9 Å². The lowest BCUT2D eigenvalue weighted by Gasteiger charge is -2.37. The van der Waals surface area contributed by atoms with Crippen LogP contribution in [0.4, 0.5) is 5.69 Å². The summed E-state index contributed by atoms with van der Waals surface area (Å²) < 4.78 is 11.3. The van der Waals surface area contributed by atoms with Gasteiger partial charge in [-0.1, -0.05) is 18.2 Å². The Labute approximate surface area is 119 Å². The minimum absolute atomic E-state index is 0.172. The first-order valence-corrected chi connectivity index (χ1v) is 6.97. The highest BCUT2D eigenvalue weighted by atomic mass is 16.6. The van der Waals surface area contributed by atoms with Crippen molar-refractivity contribution in [2.75, 3.05) is 25.1 Å². The van der Waals surface area contributed by atoms with Gasteiger partial charge < -0.3 is 20.5 Å². The average molecular weight is 278 g/mol. The Morgan fingerprint density at radius 2 is 2.25 bits per heavy atom. The highest BCUT2D eigenvalue weighted by molar-refractivity contribution is 5.93. The molecule has 0 aromatic heterocycles. The van der Waals surface area contributed by atoms with Crippen molar-refractivity contribution in [2.24, 2.45) is 5.73 Å². The maximum Gasteiger partial charge on any atom is 0.253 e. The predicted octanol–water partition coefficient (Wildman–Crippen LogP) is 1.54. The van der Waals surface area contributed by atoms with E-state index in [0.29, 0.717) is 13.2 Å². The van der Waals surface area contributed by atoms with Gasteiger partial charge in [0.25, 0.3) is 5.91 Å². The van der Waals surface area contributed by atoms with Crippen LogP contribution in [0.1, 0.15) is 19.8 Å². The largest absolute Gasteiger partial charge is 0.378 e. The molecule has 0 aliphatic carbocycles. The first kappa shape index (κ1) is 15.0. The molecule has 1 aromatic rings. The molecular weight excluding hydrogens is 256 g/mol. The van der Waals surface area contributed by atoms with E-state index >= 15 is 0 Å². The van der Waals surface area contributed by atoms with E-state index in [4.69, 9.17) is 15.2 Å². The molecule has 1 aliphatic heterocycles. The second-order valence-corrected chi connectivity index (χ2v) is 5.16. The number of hydrogen-bond acceptors (Lipinski definition) is 4. The predicted molar refractivity (Wildman–Crippen MR) is 77.5 cm³/mol. The second-order valence-electron chi connectivity index (χ2n) is 5.16. The summed E-state index contributed by atoms with van der Waals surface area (Å²) >= 11 is 0. The topological polar surface area (TPSA) is 73.6 Å². The second kappa shape index (κ2) is 6.83. The maximum atomic E-state index is 12.1. The monoisotopic (exact) mass is 278 g/mol. The van der Waals surface area contributed by atoms with Crippen molar-refractivity contribution < 1.29 is 14.3 Å². The van der Waals surface area contributed by atoms with E-state index in [-0.39, 0.29) is 5.91 Å². The highest BCUT2D eigenvalue weighted by Crippen LogP contribution is 2.24. The summed E-state index contributed by atoms with van der Waals surface area (Å²) in [5.74, 6) is -0.172. The number of nitrogens with two attached hydrogens (primary N) is 1. The summed E-state index contributed by atoms with van der Waals surface area (Å²) in [5, 5.41) is 2.83. The summed E-state index contributed by atoms with van der Waals surface area (Å²) in [7, 11) is 0. The molecule has 2 atom stereocenters. The van der Waals surface area contributed by atoms with Crippen LogP contribution in [-0.2, 0) is 14.3 Å². The smallest absolute Gasteiger partial charge is 0.253 e. The minimum atomic E-state index is -0.569. The number of carbonyl (C=O) groups is 1. The Hall–Kier alpha value is -1.43. The Balaban J connectivity index is 1.93. The Morgan fingerprint density at radius 3 is 2.85 bits per heavy atom. The third-order valence-electron chi connectivity index (χ3n) is 3.50. The van der Waals surface area contributed by atoms with Gasteiger partial charge in [0.15, 0.2) is 0 Å². The molecule has 2 unspecified atom stereocenters. The first-order chi connectivity index (χ1) is 9.65. The highest BCUT2D eigenvalue weighted by Gasteiger charge is 2.35. The van der Waals surface area contributed by atoms with Crippen LogP contribution in [0.5, 0.6) is 0 Å². The van der Waals surface area contributed by atoms with Crippen LogP contribution in [0.25, 0.3) is 0 Å². The van der Waals surface area contributed by atoms with Crippen LogP contribution in [0.15, 0.2) is 30.3 Å². The summed E-state index contributed by atoms with van der Waals surface area (Å²) in [4.78, 5) is 12.1. The Morgan fingerprint density at radius 1 is 1.50 bits per heavy atom. The fraction of sp³-hybridized carbons (Fsp3) is 0.533. The third kappa shape index (κ3) is 3.79. The fourth-order valence-electron chi connectivity index (χ4n) is 2.32. The summed E-state index contributed by atoms with van der Waals surface area (Å²) in [5.41, 5.74) is 6.03. The average Bonchev–Trinajstić information content (AvgIpc) is 2.49. The molecule has 5 heteroatoms. The molecule has 0 spiro atoms. The molecule has 5 nitrogen and oxygen atoms in total. The van der Waals surface area contributed by atoms with Crippen molar-refractivity contribution >= 4 is 11.6 Å². The molecule has 1 saturated heterocycles. The standard InChI is InChI=1S/C15H22N2O3/c1-12(14(18)17-13-6-3-2-4-7-13)20-15(10-16)8-5-9-19-11-15/h2-4,6-7,12H,5,8-11,16H2,1H3,(H,17,18). The van der Waals surface area contributed by atoms with Crippen LogP contribution in [0.3, 0.4) is 0 Å². The van der Waals surface area contributed by atoms with Gasteiger partial charge in [0.05, 0.1) is 6.61 Å². The molecule has 0 radical (unpaired) electrons. The van der Waals surface area contributed by atoms with E-state index in [2.05, 4.69) is 5.32 Å². The lowest BCUT2D eigenvalue weighted by Crippen LogP contribution is -2.51. The van der Waals surface area contributed by atoms with Crippen LogP contribution >= 0.6 is 0 Å². The third-order valence-corrected chi connectivity index (χ3v) is 3.50. The van der Waals surface area contributed by atoms with Gasteiger partial charge in [0.1, 0.15) is 11.7 Å². The summed E-state index contributed by atoms with van der Waals surface area (Å²) in [6.07, 6.45) is 1.16. The number of rotatable bonds is 5. The molecule has 110 valence electrons. The Bertz CT molecular complexity index is 430. The van der Waals surface area contributed by atoms with Crippen LogP contribution in [-0.4, -0.2) is 37.4 Å². The van der Waals surface area contributed by atoms with Gasteiger partial charge in [-0.25, -0.2) is 0 Å². The SMILES string of the molecule is CC(OC1(CN)CCCOC1)C(=O)Nc1ccccc1. The first-order valence-electron chi connectivity index (χ1n) is 6.97. The molecular formula is C15H22N2O3. The van der Waals surface area contributed by atoms with Crippen LogP contribution in [0, 0.1) is 0 Å². The molecule has 1 aliphatic rings. The number of amides is 1. The number of benzene rings is 1. The summed E-state index contributed by atoms with van der Waals surface area (Å²) in [6, 6.07) is 9.33. The molecule has 1 fully saturated rings. The van der Waals surface area contributed by atoms with Gasteiger partial charge in [-0.2, -0.15) is 0 Å². The van der Waals surface area contributed by atoms with E-state index in [0.717, 1.165) is 25.1 Å². The molecule has 0 saturated carbocycles. The zero-order valence-corrected chi connectivity index (χ0v) is 11.8. The number of ether oxygens (including phenoxy) is 2. The van der Waals surface area contributed by atoms with Crippen molar-refractivity contribution in [3.63, 3.8) is 0 Å². The van der Waals surface area contributed by atoms with E-state index in [1.54, 1.807) is 6.92 Å². The lowest BCUT2D eigenvalue weighted by molar-refractivity contribution is -0.161. The molecule has 2 rings (SSSR count). The van der Waals surface area contributed by atoms with Crippen LogP contribution in [0.2, 0.25) is 0 Å². The number of para-hydroxylation sites is 1.